The summed E-state index contributed by atoms with van der Waals surface area (Å²) in [5.41, 5.74) is 8.98. The van der Waals surface area contributed by atoms with Crippen LogP contribution in [0.25, 0.3) is 107 Å². The summed E-state index contributed by atoms with van der Waals surface area (Å²) in [5.74, 6) is 0. The van der Waals surface area contributed by atoms with Crippen molar-refractivity contribution >= 4 is 114 Å². The third-order valence-electron chi connectivity index (χ3n) is 12.2. The lowest BCUT2D eigenvalue weighted by molar-refractivity contribution is 1.22. The summed E-state index contributed by atoms with van der Waals surface area (Å²) >= 11 is 3.34. The van der Waals surface area contributed by atoms with E-state index in [1.165, 1.54) is 59.6 Å². The van der Waals surface area contributed by atoms with Gasteiger partial charge in [0.25, 0.3) is 0 Å². The third kappa shape index (κ3) is 6.12. The van der Waals surface area contributed by atoms with Crippen molar-refractivity contribution in [3.8, 4) is 32.3 Å². The maximum absolute atomic E-state index is 5.05. The van der Waals surface area contributed by atoms with Crippen molar-refractivity contribution < 1.29 is 0 Å². The van der Waals surface area contributed by atoms with Crippen LogP contribution < -0.4 is 4.90 Å². The molecule has 0 fully saturated rings. The molecule has 0 unspecified atom stereocenters. The highest BCUT2D eigenvalue weighted by atomic mass is 32.1. The molecule has 0 spiro atoms. The molecule has 0 aliphatic heterocycles. The molecule has 63 heavy (non-hydrogen) atoms. The number of hydrogen-bond donors (Lipinski definition) is 0. The molecule has 0 radical (unpaired) electrons. The highest BCUT2D eigenvalue weighted by Crippen LogP contribution is 2.43. The third-order valence-corrected chi connectivity index (χ3v) is 14.2. The molecule has 0 aliphatic rings. The van der Waals surface area contributed by atoms with Crippen LogP contribution in [0.4, 0.5) is 17.1 Å². The molecule has 0 saturated carbocycles. The highest BCUT2D eigenvalue weighted by Gasteiger charge is 2.20. The largest absolute Gasteiger partial charge is 0.307 e. The Bertz CT molecular complexity index is 3790. The lowest BCUT2D eigenvalue weighted by Crippen LogP contribution is -2.10. The fourth-order valence-corrected chi connectivity index (χ4v) is 11.1. The number of fused-ring (bicyclic) bond motifs is 8. The zero-order chi connectivity index (χ0) is 41.4. The maximum Gasteiger partial charge on any atom is 0.171 e. The lowest BCUT2D eigenvalue weighted by atomic mass is 9.96. The molecule has 0 aliphatic carbocycles. The van der Waals surface area contributed by atoms with Crippen molar-refractivity contribution in [3.63, 3.8) is 0 Å². The molecule has 294 valence electrons. The smallest absolute Gasteiger partial charge is 0.171 e. The number of rotatable bonds is 6. The van der Waals surface area contributed by atoms with Crippen LogP contribution in [0, 0.1) is 0 Å². The van der Waals surface area contributed by atoms with Gasteiger partial charge in [0, 0.05) is 16.8 Å². The molecule has 0 bridgehead atoms. The highest BCUT2D eigenvalue weighted by molar-refractivity contribution is 7.22. The molecular formula is C56H33N5S2. The van der Waals surface area contributed by atoms with Gasteiger partial charge in [-0.25, -0.2) is 19.9 Å². The van der Waals surface area contributed by atoms with Gasteiger partial charge in [-0.15, -0.1) is 22.7 Å². The van der Waals surface area contributed by atoms with Crippen LogP contribution in [0.1, 0.15) is 0 Å². The predicted octanol–water partition coefficient (Wildman–Crippen LogP) is 15.9. The number of anilines is 3. The second-order valence-electron chi connectivity index (χ2n) is 15.9. The molecule has 9 aromatic carbocycles. The molecule has 4 aromatic heterocycles. The SMILES string of the molecule is c1ccc2cc(-c3ccc4c(ccc5cc(N(c6cnc7nc(-c8cccc9ccccc89)sc7c6)c6cnc7nc(-c8cccc9ccccc89)sc7c6)ccc54)c3)ccc2c1. The minimum absolute atomic E-state index is 0.732. The number of hydrogen-bond acceptors (Lipinski definition) is 7. The zero-order valence-electron chi connectivity index (χ0n) is 33.6. The van der Waals surface area contributed by atoms with E-state index in [0.29, 0.717) is 0 Å². The van der Waals surface area contributed by atoms with Crippen molar-refractivity contribution in [2.45, 2.75) is 0 Å². The summed E-state index contributed by atoms with van der Waals surface area (Å²) in [6.45, 7) is 0. The monoisotopic (exact) mass is 839 g/mol. The van der Waals surface area contributed by atoms with Gasteiger partial charge in [-0.1, -0.05) is 152 Å². The number of pyridine rings is 2. The Kier molecular flexibility index (Phi) is 8.19. The van der Waals surface area contributed by atoms with E-state index >= 15 is 0 Å². The van der Waals surface area contributed by atoms with Crippen molar-refractivity contribution in [1.29, 1.82) is 0 Å². The van der Waals surface area contributed by atoms with Gasteiger partial charge in [0.2, 0.25) is 0 Å². The Morgan fingerprint density at radius 2 is 0.810 bits per heavy atom. The number of benzene rings is 9. The summed E-state index contributed by atoms with van der Waals surface area (Å²) in [6, 6.07) is 67.5. The van der Waals surface area contributed by atoms with Crippen LogP contribution in [0.5, 0.6) is 0 Å². The fourth-order valence-electron chi connectivity index (χ4n) is 9.11. The first-order chi connectivity index (χ1) is 31.2. The first kappa shape index (κ1) is 35.9. The van der Waals surface area contributed by atoms with Crippen LogP contribution in [-0.4, -0.2) is 19.9 Å². The Morgan fingerprint density at radius 3 is 1.43 bits per heavy atom. The first-order valence-corrected chi connectivity index (χ1v) is 22.6. The molecular weight excluding hydrogens is 807 g/mol. The normalized spacial score (nSPS) is 11.8. The zero-order valence-corrected chi connectivity index (χ0v) is 35.2. The molecule has 13 aromatic rings. The van der Waals surface area contributed by atoms with Crippen LogP contribution in [0.2, 0.25) is 0 Å². The second-order valence-corrected chi connectivity index (χ2v) is 18.0. The van der Waals surface area contributed by atoms with Crippen molar-refractivity contribution in [1.82, 2.24) is 19.9 Å². The summed E-state index contributed by atoms with van der Waals surface area (Å²) in [5, 5.41) is 13.9. The number of thiazole rings is 2. The summed E-state index contributed by atoms with van der Waals surface area (Å²) in [7, 11) is 0. The lowest BCUT2D eigenvalue weighted by Gasteiger charge is -2.25. The Labute approximate surface area is 369 Å². The molecule has 7 heteroatoms. The van der Waals surface area contributed by atoms with Crippen molar-refractivity contribution in [3.05, 3.63) is 200 Å². The Morgan fingerprint density at radius 1 is 0.333 bits per heavy atom. The predicted molar refractivity (Wildman–Crippen MR) is 267 cm³/mol. The molecule has 4 heterocycles. The minimum atomic E-state index is 0.732. The molecule has 0 saturated heterocycles. The van der Waals surface area contributed by atoms with Gasteiger partial charge in [-0.2, -0.15) is 0 Å². The van der Waals surface area contributed by atoms with E-state index < -0.39 is 0 Å². The van der Waals surface area contributed by atoms with Crippen LogP contribution >= 0.6 is 22.7 Å². The molecule has 13 rings (SSSR count). The molecule has 5 nitrogen and oxygen atoms in total. The Balaban J connectivity index is 0.939. The van der Waals surface area contributed by atoms with Gasteiger partial charge < -0.3 is 4.90 Å². The maximum atomic E-state index is 5.05. The molecule has 0 amide bonds. The first-order valence-electron chi connectivity index (χ1n) is 20.9. The molecule has 0 atom stereocenters. The quantitative estimate of drug-likeness (QED) is 0.156. The summed E-state index contributed by atoms with van der Waals surface area (Å²) in [6.07, 6.45) is 3.87. The number of aromatic nitrogens is 4. The van der Waals surface area contributed by atoms with E-state index in [1.54, 1.807) is 22.7 Å². The second kappa shape index (κ2) is 14.4. The van der Waals surface area contributed by atoms with Crippen LogP contribution in [-0.2, 0) is 0 Å². The van der Waals surface area contributed by atoms with E-state index in [0.717, 1.165) is 64.3 Å². The van der Waals surface area contributed by atoms with E-state index in [-0.39, 0.29) is 0 Å². The van der Waals surface area contributed by atoms with Gasteiger partial charge in [-0.05, 0) is 101 Å². The van der Waals surface area contributed by atoms with Crippen LogP contribution in [0.15, 0.2) is 200 Å². The fraction of sp³-hybridized carbons (Fsp3) is 0. The summed E-state index contributed by atoms with van der Waals surface area (Å²) in [4.78, 5) is 22.4. The average Bonchev–Trinajstić information content (AvgIpc) is 3.97. The van der Waals surface area contributed by atoms with Gasteiger partial charge >= 0.3 is 0 Å². The standard InChI is InChI=1S/C56H33N5S2/c1-2-12-37-27-38(20-19-34(37)9-1)39-23-25-47-40(28-39)21-22-41-29-42(24-26-48(41)47)61(43-30-51-53(57-32-43)59-55(62-51)49-17-7-13-35-10-3-5-15-45(35)49)44-31-52-54(58-33-44)60-56(63-52)50-18-8-14-36-11-4-6-16-46(36)50/h1-33H. The van der Waals surface area contributed by atoms with E-state index in [9.17, 15) is 0 Å². The minimum Gasteiger partial charge on any atom is -0.307 e. The van der Waals surface area contributed by atoms with E-state index in [4.69, 9.17) is 19.9 Å². The Hall–Kier alpha value is -7.84. The van der Waals surface area contributed by atoms with E-state index in [2.05, 4.69) is 193 Å². The van der Waals surface area contributed by atoms with Gasteiger partial charge in [0.05, 0.1) is 33.2 Å². The van der Waals surface area contributed by atoms with Crippen LogP contribution in [0.3, 0.4) is 0 Å². The van der Waals surface area contributed by atoms with Crippen molar-refractivity contribution in [2.75, 3.05) is 4.90 Å². The molecule has 0 N–H and O–H groups in total. The van der Waals surface area contributed by atoms with Gasteiger partial charge in [0.1, 0.15) is 10.0 Å². The summed E-state index contributed by atoms with van der Waals surface area (Å²) < 4.78 is 2.03. The number of nitrogens with zero attached hydrogens (tertiary/aromatic N) is 5. The topological polar surface area (TPSA) is 54.8 Å². The van der Waals surface area contributed by atoms with E-state index in [1.807, 2.05) is 12.4 Å². The van der Waals surface area contributed by atoms with Crippen molar-refractivity contribution in [2.24, 2.45) is 0 Å². The van der Waals surface area contributed by atoms with Gasteiger partial charge in [0.15, 0.2) is 11.3 Å². The average molecular weight is 840 g/mol. The van der Waals surface area contributed by atoms with Gasteiger partial charge in [-0.3, -0.25) is 0 Å².